The summed E-state index contributed by atoms with van der Waals surface area (Å²) in [5.41, 5.74) is 18.7. The first-order chi connectivity index (χ1) is 24.0. The summed E-state index contributed by atoms with van der Waals surface area (Å²) in [4.78, 5) is 0. The van der Waals surface area contributed by atoms with Crippen LogP contribution < -0.4 is 0 Å². The summed E-state index contributed by atoms with van der Waals surface area (Å²) in [6, 6.07) is 56.8. The van der Waals surface area contributed by atoms with E-state index in [1.54, 1.807) is 0 Å². The van der Waals surface area contributed by atoms with Crippen LogP contribution in [-0.2, 0) is 5.41 Å². The molecule has 0 aromatic heterocycles. The first kappa shape index (κ1) is 28.3. The number of hydrogen-bond acceptors (Lipinski definition) is 0. The van der Waals surface area contributed by atoms with Crippen molar-refractivity contribution in [1.29, 1.82) is 0 Å². The molecule has 3 aliphatic carbocycles. The zero-order chi connectivity index (χ0) is 32.7. The highest BCUT2D eigenvalue weighted by atomic mass is 14.4. The van der Waals surface area contributed by atoms with Gasteiger partial charge in [0, 0.05) is 17.3 Å². The maximum atomic E-state index is 2.50. The van der Waals surface area contributed by atoms with Gasteiger partial charge in [0.15, 0.2) is 0 Å². The van der Waals surface area contributed by atoms with E-state index < -0.39 is 0 Å². The second kappa shape index (κ2) is 10.6. The summed E-state index contributed by atoms with van der Waals surface area (Å²) in [6.07, 6.45) is 7.21. The van der Waals surface area contributed by atoms with Crippen LogP contribution in [0.5, 0.6) is 0 Å². The summed E-state index contributed by atoms with van der Waals surface area (Å²) in [6.45, 7) is 4.71. The van der Waals surface area contributed by atoms with E-state index in [0.29, 0.717) is 11.8 Å². The fourth-order valence-electron chi connectivity index (χ4n) is 8.91. The SMILES string of the molecule is CC1(C)c2ccccc2-c2ccc(-c3ccc4ccc(-c5cccc(C6=CC7C=Cc8ccccc8C7c7ccccc76)c5)cc4c3)cc21. The van der Waals surface area contributed by atoms with Crippen molar-refractivity contribution >= 4 is 22.4 Å². The van der Waals surface area contributed by atoms with Gasteiger partial charge in [-0.25, -0.2) is 0 Å². The molecule has 0 radical (unpaired) electrons. The molecule has 0 fully saturated rings. The Morgan fingerprint density at radius 3 is 1.92 bits per heavy atom. The molecule has 7 aromatic carbocycles. The number of allylic oxidation sites excluding steroid dienone is 2. The van der Waals surface area contributed by atoms with Crippen molar-refractivity contribution in [3.8, 4) is 33.4 Å². The van der Waals surface area contributed by atoms with Gasteiger partial charge in [0.1, 0.15) is 0 Å². The van der Waals surface area contributed by atoms with E-state index >= 15 is 0 Å². The number of fused-ring (bicyclic) bond motifs is 9. The summed E-state index contributed by atoms with van der Waals surface area (Å²) in [5.74, 6) is 0.688. The van der Waals surface area contributed by atoms with Gasteiger partial charge in [-0.05, 0) is 113 Å². The average Bonchev–Trinajstić information content (AvgIpc) is 3.39. The highest BCUT2D eigenvalue weighted by Crippen LogP contribution is 2.50. The molecule has 49 heavy (non-hydrogen) atoms. The maximum absolute atomic E-state index is 2.50. The number of benzene rings is 7. The lowest BCUT2D eigenvalue weighted by molar-refractivity contribution is 0.660. The van der Waals surface area contributed by atoms with E-state index in [-0.39, 0.29) is 5.41 Å². The van der Waals surface area contributed by atoms with E-state index in [1.165, 1.54) is 88.7 Å². The minimum Gasteiger partial charge on any atom is -0.0760 e. The summed E-state index contributed by atoms with van der Waals surface area (Å²) in [7, 11) is 0. The Kier molecular flexibility index (Phi) is 6.15. The third kappa shape index (κ3) is 4.37. The molecular formula is C49H36. The molecule has 232 valence electrons. The van der Waals surface area contributed by atoms with Crippen molar-refractivity contribution < 1.29 is 0 Å². The Morgan fingerprint density at radius 2 is 1.08 bits per heavy atom. The van der Waals surface area contributed by atoms with Gasteiger partial charge in [0.05, 0.1) is 0 Å². The molecule has 0 N–H and O–H groups in total. The van der Waals surface area contributed by atoms with Gasteiger partial charge in [0.25, 0.3) is 0 Å². The van der Waals surface area contributed by atoms with E-state index in [2.05, 4.69) is 184 Å². The molecule has 0 heterocycles. The van der Waals surface area contributed by atoms with Crippen LogP contribution in [0.15, 0.2) is 164 Å². The van der Waals surface area contributed by atoms with Gasteiger partial charge in [-0.15, -0.1) is 0 Å². The zero-order valence-corrected chi connectivity index (χ0v) is 27.8. The Morgan fingerprint density at radius 1 is 0.449 bits per heavy atom. The van der Waals surface area contributed by atoms with E-state index in [9.17, 15) is 0 Å². The molecular weight excluding hydrogens is 589 g/mol. The van der Waals surface area contributed by atoms with Gasteiger partial charge in [-0.2, -0.15) is 0 Å². The molecule has 0 aliphatic heterocycles. The molecule has 2 atom stereocenters. The highest BCUT2D eigenvalue weighted by molar-refractivity contribution is 5.93. The molecule has 0 heteroatoms. The Labute approximate surface area is 288 Å². The quantitative estimate of drug-likeness (QED) is 0.183. The first-order valence-electron chi connectivity index (χ1n) is 17.5. The molecule has 0 saturated heterocycles. The third-order valence-corrected chi connectivity index (χ3v) is 11.4. The second-order valence-corrected chi connectivity index (χ2v) is 14.5. The van der Waals surface area contributed by atoms with Crippen molar-refractivity contribution in [1.82, 2.24) is 0 Å². The van der Waals surface area contributed by atoms with Gasteiger partial charge in [0.2, 0.25) is 0 Å². The Bertz CT molecular complexity index is 2540. The van der Waals surface area contributed by atoms with Crippen molar-refractivity contribution in [2.45, 2.75) is 25.2 Å². The topological polar surface area (TPSA) is 0 Å². The average molecular weight is 625 g/mol. The predicted molar refractivity (Wildman–Crippen MR) is 207 cm³/mol. The zero-order valence-electron chi connectivity index (χ0n) is 27.8. The molecule has 0 saturated carbocycles. The monoisotopic (exact) mass is 624 g/mol. The van der Waals surface area contributed by atoms with Crippen LogP contribution in [0.4, 0.5) is 0 Å². The van der Waals surface area contributed by atoms with Crippen molar-refractivity contribution in [2.24, 2.45) is 5.92 Å². The van der Waals surface area contributed by atoms with E-state index in [0.717, 1.165) is 0 Å². The summed E-state index contributed by atoms with van der Waals surface area (Å²) in [5, 5.41) is 2.52. The minimum absolute atomic E-state index is 0.00999. The summed E-state index contributed by atoms with van der Waals surface area (Å²) >= 11 is 0. The van der Waals surface area contributed by atoms with E-state index in [4.69, 9.17) is 0 Å². The molecule has 0 nitrogen and oxygen atoms in total. The maximum Gasteiger partial charge on any atom is 0.0199 e. The molecule has 2 unspecified atom stereocenters. The van der Waals surface area contributed by atoms with Crippen molar-refractivity contribution in [2.75, 3.05) is 0 Å². The molecule has 0 spiro atoms. The fourth-order valence-corrected chi connectivity index (χ4v) is 8.91. The van der Waals surface area contributed by atoms with Crippen LogP contribution in [0.25, 0.3) is 55.8 Å². The highest BCUT2D eigenvalue weighted by Gasteiger charge is 2.35. The number of hydrogen-bond donors (Lipinski definition) is 0. The lowest BCUT2D eigenvalue weighted by atomic mass is 9.68. The van der Waals surface area contributed by atoms with Crippen LogP contribution >= 0.6 is 0 Å². The van der Waals surface area contributed by atoms with Gasteiger partial charge in [-0.3, -0.25) is 0 Å². The molecule has 3 aliphatic rings. The van der Waals surface area contributed by atoms with Crippen LogP contribution in [0, 0.1) is 5.92 Å². The predicted octanol–water partition coefficient (Wildman–Crippen LogP) is 12.7. The van der Waals surface area contributed by atoms with Crippen LogP contribution in [0.2, 0.25) is 0 Å². The third-order valence-electron chi connectivity index (χ3n) is 11.4. The first-order valence-corrected chi connectivity index (χ1v) is 17.5. The van der Waals surface area contributed by atoms with Gasteiger partial charge < -0.3 is 0 Å². The molecule has 0 bridgehead atoms. The largest absolute Gasteiger partial charge is 0.0760 e. The molecule has 0 amide bonds. The molecule has 10 rings (SSSR count). The lowest BCUT2D eigenvalue weighted by Gasteiger charge is -2.35. The van der Waals surface area contributed by atoms with Crippen LogP contribution in [0.3, 0.4) is 0 Å². The van der Waals surface area contributed by atoms with Gasteiger partial charge in [-0.1, -0.05) is 159 Å². The second-order valence-electron chi connectivity index (χ2n) is 14.5. The Balaban J connectivity index is 1.02. The lowest BCUT2D eigenvalue weighted by Crippen LogP contribution is -2.20. The number of rotatable bonds is 3. The van der Waals surface area contributed by atoms with Crippen LogP contribution in [0.1, 0.15) is 58.7 Å². The minimum atomic E-state index is -0.00999. The van der Waals surface area contributed by atoms with Gasteiger partial charge >= 0.3 is 0 Å². The molecule has 7 aromatic rings. The van der Waals surface area contributed by atoms with Crippen LogP contribution in [-0.4, -0.2) is 0 Å². The van der Waals surface area contributed by atoms with Crippen molar-refractivity contribution in [3.05, 3.63) is 203 Å². The Hall–Kier alpha value is -5.72. The normalized spacial score (nSPS) is 17.8. The smallest absolute Gasteiger partial charge is 0.0199 e. The standard InChI is InChI=1S/C49H36/c1-49(2)46-17-8-7-15-42(46)43-25-24-36(30-47(43)49)35-22-19-31-18-21-34(27-39(31)28-35)33-11-9-12-37(26-33)45-29-38-23-20-32-10-3-4-13-40(32)48(38)44-16-6-5-14-41(44)45/h3-30,38,48H,1-2H3. The fraction of sp³-hybridized carbons (Fsp3) is 0.102. The summed E-state index contributed by atoms with van der Waals surface area (Å²) < 4.78 is 0. The van der Waals surface area contributed by atoms with Crippen molar-refractivity contribution in [3.63, 3.8) is 0 Å². The van der Waals surface area contributed by atoms with E-state index in [1.807, 2.05) is 0 Å².